The highest BCUT2D eigenvalue weighted by atomic mass is 16.5. The van der Waals surface area contributed by atoms with E-state index in [1.165, 1.54) is 5.69 Å². The van der Waals surface area contributed by atoms with E-state index in [4.69, 9.17) is 10.00 Å². The molecule has 0 saturated carbocycles. The molecule has 2 aromatic rings. The molecule has 0 bridgehead atoms. The Labute approximate surface area is 141 Å². The highest BCUT2D eigenvalue weighted by Gasteiger charge is 2.23. The zero-order chi connectivity index (χ0) is 16.8. The highest BCUT2D eigenvalue weighted by Crippen LogP contribution is 2.26. The molecule has 1 saturated heterocycles. The Balaban J connectivity index is 1.39. The van der Waals surface area contributed by atoms with Gasteiger partial charge in [-0.3, -0.25) is 5.10 Å². The van der Waals surface area contributed by atoms with Gasteiger partial charge in [0.15, 0.2) is 0 Å². The number of aliphatic hydroxyl groups is 1. The molecule has 1 aromatic heterocycles. The van der Waals surface area contributed by atoms with Gasteiger partial charge in [-0.1, -0.05) is 0 Å². The average Bonchev–Trinajstić information content (AvgIpc) is 3.16. The van der Waals surface area contributed by atoms with Crippen molar-refractivity contribution in [3.8, 4) is 11.8 Å². The second kappa shape index (κ2) is 7.95. The van der Waals surface area contributed by atoms with Crippen LogP contribution in [-0.4, -0.2) is 52.5 Å². The van der Waals surface area contributed by atoms with Crippen LogP contribution in [0.25, 0.3) is 0 Å². The van der Waals surface area contributed by atoms with Crippen molar-refractivity contribution in [1.29, 1.82) is 5.26 Å². The summed E-state index contributed by atoms with van der Waals surface area (Å²) in [5.74, 6) is 1.21. The predicted molar refractivity (Wildman–Crippen MR) is 89.7 cm³/mol. The second-order valence-electron chi connectivity index (χ2n) is 6.19. The van der Waals surface area contributed by atoms with E-state index >= 15 is 0 Å². The largest absolute Gasteiger partial charge is 0.491 e. The van der Waals surface area contributed by atoms with E-state index in [-0.39, 0.29) is 6.61 Å². The third-order valence-electron chi connectivity index (χ3n) is 4.44. The van der Waals surface area contributed by atoms with Gasteiger partial charge in [0.1, 0.15) is 18.5 Å². The van der Waals surface area contributed by atoms with Crippen molar-refractivity contribution < 1.29 is 9.84 Å². The van der Waals surface area contributed by atoms with E-state index in [2.05, 4.69) is 21.2 Å². The minimum atomic E-state index is -0.524. The van der Waals surface area contributed by atoms with Crippen LogP contribution < -0.4 is 4.74 Å². The van der Waals surface area contributed by atoms with Crippen molar-refractivity contribution in [3.63, 3.8) is 0 Å². The Bertz CT molecular complexity index is 655. The molecule has 1 atom stereocenters. The number of aromatic nitrogens is 2. The number of β-amino-alcohol motifs (C(OH)–C–C–N with tert-alkyl or cyclic N) is 1. The molecule has 126 valence electrons. The normalized spacial score (nSPS) is 17.3. The molecule has 0 aliphatic carbocycles. The summed E-state index contributed by atoms with van der Waals surface area (Å²) in [7, 11) is 0. The zero-order valence-corrected chi connectivity index (χ0v) is 13.6. The number of piperidine rings is 1. The lowest BCUT2D eigenvalue weighted by Crippen LogP contribution is -2.40. The molecule has 1 aliphatic rings. The summed E-state index contributed by atoms with van der Waals surface area (Å²) in [6.45, 7) is 2.81. The number of benzene rings is 1. The molecule has 24 heavy (non-hydrogen) atoms. The fourth-order valence-corrected chi connectivity index (χ4v) is 3.09. The molecule has 2 heterocycles. The molecule has 0 spiro atoms. The number of hydrogen-bond acceptors (Lipinski definition) is 5. The Morgan fingerprint density at radius 1 is 1.29 bits per heavy atom. The van der Waals surface area contributed by atoms with Gasteiger partial charge in [-0.15, -0.1) is 0 Å². The molecular weight excluding hydrogens is 304 g/mol. The number of aliphatic hydroxyl groups excluding tert-OH is 1. The number of hydrogen-bond donors (Lipinski definition) is 2. The first-order valence-electron chi connectivity index (χ1n) is 8.27. The van der Waals surface area contributed by atoms with Crippen LogP contribution >= 0.6 is 0 Å². The molecule has 6 heteroatoms. The molecule has 1 unspecified atom stereocenters. The van der Waals surface area contributed by atoms with Crippen molar-refractivity contribution in [3.05, 3.63) is 47.8 Å². The Morgan fingerprint density at radius 2 is 2.04 bits per heavy atom. The number of rotatable bonds is 6. The number of aromatic amines is 1. The lowest BCUT2D eigenvalue weighted by atomic mass is 9.93. The Hall–Kier alpha value is -2.36. The summed E-state index contributed by atoms with van der Waals surface area (Å²) in [5.41, 5.74) is 1.81. The quantitative estimate of drug-likeness (QED) is 0.847. The van der Waals surface area contributed by atoms with E-state index in [1.807, 2.05) is 6.07 Å². The summed E-state index contributed by atoms with van der Waals surface area (Å²) in [6.07, 6.45) is 3.42. The summed E-state index contributed by atoms with van der Waals surface area (Å²) < 4.78 is 5.59. The summed E-state index contributed by atoms with van der Waals surface area (Å²) in [5, 5.41) is 26.0. The van der Waals surface area contributed by atoms with Crippen molar-refractivity contribution in [2.24, 2.45) is 0 Å². The van der Waals surface area contributed by atoms with Gasteiger partial charge in [-0.05, 0) is 56.3 Å². The smallest absolute Gasteiger partial charge is 0.119 e. The van der Waals surface area contributed by atoms with Crippen molar-refractivity contribution in [2.75, 3.05) is 26.2 Å². The number of nitrogens with one attached hydrogen (secondary N) is 1. The van der Waals surface area contributed by atoms with Gasteiger partial charge >= 0.3 is 0 Å². The van der Waals surface area contributed by atoms with Crippen LogP contribution in [0.4, 0.5) is 0 Å². The van der Waals surface area contributed by atoms with Crippen molar-refractivity contribution >= 4 is 0 Å². The molecule has 1 fully saturated rings. The SMILES string of the molecule is N#Cc1ccc(OCC(O)CN2CCC(c3ccn[nH]3)CC2)cc1. The van der Waals surface area contributed by atoms with Gasteiger partial charge in [0.25, 0.3) is 0 Å². The van der Waals surface area contributed by atoms with Gasteiger partial charge < -0.3 is 14.7 Å². The van der Waals surface area contributed by atoms with Crippen LogP contribution in [0, 0.1) is 11.3 Å². The standard InChI is InChI=1S/C18H22N4O2/c19-11-14-1-3-17(4-2-14)24-13-16(23)12-22-9-6-15(7-10-22)18-5-8-20-21-18/h1-5,8,15-16,23H,6-7,9-10,12-13H2,(H,20,21). The highest BCUT2D eigenvalue weighted by molar-refractivity contribution is 5.34. The maximum atomic E-state index is 10.2. The minimum Gasteiger partial charge on any atom is -0.491 e. The number of nitrogens with zero attached hydrogens (tertiary/aromatic N) is 3. The molecule has 0 amide bonds. The van der Waals surface area contributed by atoms with Gasteiger partial charge in [0.05, 0.1) is 11.6 Å². The molecule has 0 radical (unpaired) electrons. The van der Waals surface area contributed by atoms with E-state index in [0.717, 1.165) is 25.9 Å². The summed E-state index contributed by atoms with van der Waals surface area (Å²) in [6, 6.07) is 11.0. The van der Waals surface area contributed by atoms with Crippen LogP contribution in [-0.2, 0) is 0 Å². The topological polar surface area (TPSA) is 85.2 Å². The van der Waals surface area contributed by atoms with E-state index < -0.39 is 6.10 Å². The third-order valence-corrected chi connectivity index (χ3v) is 4.44. The molecule has 2 N–H and O–H groups in total. The summed E-state index contributed by atoms with van der Waals surface area (Å²) >= 11 is 0. The Morgan fingerprint density at radius 3 is 2.67 bits per heavy atom. The monoisotopic (exact) mass is 326 g/mol. The van der Waals surface area contributed by atoms with Gasteiger partial charge in [0, 0.05) is 24.4 Å². The van der Waals surface area contributed by atoms with Crippen LogP contribution in [0.3, 0.4) is 0 Å². The predicted octanol–water partition coefficient (Wildman–Crippen LogP) is 1.90. The van der Waals surface area contributed by atoms with E-state index in [9.17, 15) is 5.11 Å². The first-order valence-corrected chi connectivity index (χ1v) is 8.27. The van der Waals surface area contributed by atoms with Gasteiger partial charge in [-0.25, -0.2) is 0 Å². The third kappa shape index (κ3) is 4.34. The number of likely N-dealkylation sites (tertiary alicyclic amines) is 1. The maximum Gasteiger partial charge on any atom is 0.119 e. The number of H-pyrrole nitrogens is 1. The fourth-order valence-electron chi connectivity index (χ4n) is 3.09. The van der Waals surface area contributed by atoms with Crippen LogP contribution in [0.5, 0.6) is 5.75 Å². The Kier molecular flexibility index (Phi) is 5.47. The lowest BCUT2D eigenvalue weighted by Gasteiger charge is -2.32. The fraction of sp³-hybridized carbons (Fsp3) is 0.444. The van der Waals surface area contributed by atoms with Crippen LogP contribution in [0.1, 0.15) is 30.0 Å². The zero-order valence-electron chi connectivity index (χ0n) is 13.6. The molecule has 1 aliphatic heterocycles. The number of nitriles is 1. The van der Waals surface area contributed by atoms with Crippen molar-refractivity contribution in [2.45, 2.75) is 24.9 Å². The maximum absolute atomic E-state index is 10.2. The average molecular weight is 326 g/mol. The van der Waals surface area contributed by atoms with Gasteiger partial charge in [0.2, 0.25) is 0 Å². The summed E-state index contributed by atoms with van der Waals surface area (Å²) in [4.78, 5) is 2.28. The first-order chi connectivity index (χ1) is 11.7. The minimum absolute atomic E-state index is 0.256. The second-order valence-corrected chi connectivity index (χ2v) is 6.19. The van der Waals surface area contributed by atoms with Crippen LogP contribution in [0.15, 0.2) is 36.5 Å². The molecular formula is C18H22N4O2. The number of ether oxygens (including phenoxy) is 1. The van der Waals surface area contributed by atoms with Crippen molar-refractivity contribution in [1.82, 2.24) is 15.1 Å². The molecule has 1 aromatic carbocycles. The van der Waals surface area contributed by atoms with Gasteiger partial charge in [-0.2, -0.15) is 10.4 Å². The first kappa shape index (κ1) is 16.5. The van der Waals surface area contributed by atoms with E-state index in [0.29, 0.717) is 23.8 Å². The lowest BCUT2D eigenvalue weighted by molar-refractivity contribution is 0.0592. The van der Waals surface area contributed by atoms with Crippen LogP contribution in [0.2, 0.25) is 0 Å². The molecule has 3 rings (SSSR count). The van der Waals surface area contributed by atoms with E-state index in [1.54, 1.807) is 30.5 Å². The molecule has 6 nitrogen and oxygen atoms in total.